The Balaban J connectivity index is 1.56. The number of fused-ring (bicyclic) bond motifs is 1. The molecule has 4 nitrogen and oxygen atoms in total. The normalized spacial score (nSPS) is 31.5. The molecule has 1 aromatic rings. The maximum atomic E-state index is 12.9. The molecule has 116 valence electrons. The highest BCUT2D eigenvalue weighted by Gasteiger charge is 2.72. The first-order chi connectivity index (χ1) is 10.6. The van der Waals surface area contributed by atoms with Crippen molar-refractivity contribution in [2.75, 3.05) is 12.3 Å². The minimum atomic E-state index is -0.570. The molecule has 2 aliphatic carbocycles. The number of nitrogens with two attached hydrogens (primary N) is 1. The van der Waals surface area contributed by atoms with E-state index in [-0.39, 0.29) is 17.7 Å². The molecule has 3 fully saturated rings. The van der Waals surface area contributed by atoms with E-state index < -0.39 is 5.41 Å². The average molecular weight is 298 g/mol. The molecule has 2 N–H and O–H groups in total. The summed E-state index contributed by atoms with van der Waals surface area (Å²) in [4.78, 5) is 27.0. The van der Waals surface area contributed by atoms with Gasteiger partial charge in [-0.2, -0.15) is 0 Å². The molecule has 4 rings (SSSR count). The standard InChI is InChI=1S/C18H22N2O2/c19-14-8-6-13(7-9-14)18-10-15(18)16(21)20(17(18)22)11-12-4-2-1-3-5-12/h6-9,12,15H,1-5,10-11,19H2/t15?,18-/m0/s1. The number of hydrogen-bond acceptors (Lipinski definition) is 3. The Morgan fingerprint density at radius 1 is 1.09 bits per heavy atom. The third-order valence-electron chi connectivity index (χ3n) is 5.74. The van der Waals surface area contributed by atoms with Crippen LogP contribution in [0.3, 0.4) is 0 Å². The Labute approximate surface area is 130 Å². The molecule has 0 bridgehead atoms. The highest BCUT2D eigenvalue weighted by Crippen LogP contribution is 2.60. The molecule has 1 aromatic carbocycles. The number of amides is 2. The van der Waals surface area contributed by atoms with Gasteiger partial charge in [0.15, 0.2) is 0 Å². The minimum absolute atomic E-state index is 0.0258. The lowest BCUT2D eigenvalue weighted by Gasteiger charge is -2.27. The number of carbonyl (C=O) groups is 2. The molecule has 3 aliphatic rings. The van der Waals surface area contributed by atoms with Crippen molar-refractivity contribution in [2.45, 2.75) is 43.9 Å². The summed E-state index contributed by atoms with van der Waals surface area (Å²) in [5.74, 6) is 0.445. The highest BCUT2D eigenvalue weighted by molar-refractivity contribution is 6.15. The van der Waals surface area contributed by atoms with Gasteiger partial charge in [0, 0.05) is 12.2 Å². The number of nitrogens with zero attached hydrogens (tertiary/aromatic N) is 1. The Morgan fingerprint density at radius 2 is 1.77 bits per heavy atom. The van der Waals surface area contributed by atoms with Gasteiger partial charge < -0.3 is 5.73 Å². The number of carbonyl (C=O) groups excluding carboxylic acids is 2. The van der Waals surface area contributed by atoms with E-state index in [2.05, 4.69) is 0 Å². The van der Waals surface area contributed by atoms with Gasteiger partial charge in [0.2, 0.25) is 11.8 Å². The van der Waals surface area contributed by atoms with Crippen LogP contribution >= 0.6 is 0 Å². The third kappa shape index (κ3) is 1.89. The van der Waals surface area contributed by atoms with E-state index in [4.69, 9.17) is 5.73 Å². The molecular weight excluding hydrogens is 276 g/mol. The van der Waals surface area contributed by atoms with Crippen molar-refractivity contribution < 1.29 is 9.59 Å². The van der Waals surface area contributed by atoms with Crippen LogP contribution in [0.15, 0.2) is 24.3 Å². The van der Waals surface area contributed by atoms with Gasteiger partial charge in [-0.05, 0) is 42.9 Å². The van der Waals surface area contributed by atoms with Crippen molar-refractivity contribution in [2.24, 2.45) is 11.8 Å². The Bertz CT molecular complexity index is 618. The molecule has 1 heterocycles. The summed E-state index contributed by atoms with van der Waals surface area (Å²) in [7, 11) is 0. The molecule has 1 saturated heterocycles. The predicted octanol–water partition coefficient (Wildman–Crippen LogP) is 2.48. The fourth-order valence-corrected chi connectivity index (χ4v) is 4.35. The van der Waals surface area contributed by atoms with Crippen molar-refractivity contribution in [1.82, 2.24) is 4.90 Å². The van der Waals surface area contributed by atoms with E-state index >= 15 is 0 Å². The highest BCUT2D eigenvalue weighted by atomic mass is 16.2. The lowest BCUT2D eigenvalue weighted by molar-refractivity contribution is -0.142. The van der Waals surface area contributed by atoms with Gasteiger partial charge in [0.1, 0.15) is 0 Å². The number of imide groups is 1. The van der Waals surface area contributed by atoms with Gasteiger partial charge in [-0.3, -0.25) is 14.5 Å². The van der Waals surface area contributed by atoms with Gasteiger partial charge in [-0.15, -0.1) is 0 Å². The first-order valence-corrected chi connectivity index (χ1v) is 8.35. The zero-order valence-electron chi connectivity index (χ0n) is 12.8. The maximum Gasteiger partial charge on any atom is 0.240 e. The number of benzene rings is 1. The minimum Gasteiger partial charge on any atom is -0.399 e. The van der Waals surface area contributed by atoms with Crippen molar-refractivity contribution >= 4 is 17.5 Å². The molecule has 1 unspecified atom stereocenters. The van der Waals surface area contributed by atoms with Gasteiger partial charge in [-0.1, -0.05) is 31.4 Å². The van der Waals surface area contributed by atoms with E-state index in [1.165, 1.54) is 19.3 Å². The van der Waals surface area contributed by atoms with Crippen LogP contribution in [0.4, 0.5) is 5.69 Å². The third-order valence-corrected chi connectivity index (χ3v) is 5.74. The van der Waals surface area contributed by atoms with E-state index in [1.54, 1.807) is 4.90 Å². The van der Waals surface area contributed by atoms with Gasteiger partial charge >= 0.3 is 0 Å². The number of hydrogen-bond donors (Lipinski definition) is 1. The summed E-state index contributed by atoms with van der Waals surface area (Å²) < 4.78 is 0. The SMILES string of the molecule is Nc1ccc([C@@]23CC2C(=O)N(CC2CCCCC2)C3=O)cc1. The first kappa shape index (κ1) is 13.8. The first-order valence-electron chi connectivity index (χ1n) is 8.35. The fourth-order valence-electron chi connectivity index (χ4n) is 4.35. The number of rotatable bonds is 3. The van der Waals surface area contributed by atoms with E-state index in [0.717, 1.165) is 18.4 Å². The predicted molar refractivity (Wildman–Crippen MR) is 83.9 cm³/mol. The van der Waals surface area contributed by atoms with E-state index in [0.29, 0.717) is 24.6 Å². The molecule has 0 radical (unpaired) electrons. The summed E-state index contributed by atoms with van der Waals surface area (Å²) >= 11 is 0. The molecule has 2 amide bonds. The van der Waals surface area contributed by atoms with Crippen LogP contribution < -0.4 is 5.73 Å². The van der Waals surface area contributed by atoms with Crippen LogP contribution in [0.5, 0.6) is 0 Å². The number of piperidine rings is 1. The Kier molecular flexibility index (Phi) is 3.03. The van der Waals surface area contributed by atoms with Crippen LogP contribution in [-0.4, -0.2) is 23.3 Å². The van der Waals surface area contributed by atoms with Crippen molar-refractivity contribution in [1.29, 1.82) is 0 Å². The van der Waals surface area contributed by atoms with Crippen LogP contribution in [0.25, 0.3) is 0 Å². The van der Waals surface area contributed by atoms with E-state index in [9.17, 15) is 9.59 Å². The zero-order valence-corrected chi connectivity index (χ0v) is 12.8. The maximum absolute atomic E-state index is 12.9. The average Bonchev–Trinajstić information content (AvgIpc) is 3.25. The summed E-state index contributed by atoms with van der Waals surface area (Å²) in [6, 6.07) is 7.46. The molecule has 22 heavy (non-hydrogen) atoms. The number of anilines is 1. The van der Waals surface area contributed by atoms with Crippen LogP contribution in [0, 0.1) is 11.8 Å². The molecule has 2 saturated carbocycles. The summed E-state index contributed by atoms with van der Waals surface area (Å²) in [5.41, 5.74) is 6.81. The smallest absolute Gasteiger partial charge is 0.240 e. The molecule has 4 heteroatoms. The second kappa shape index (κ2) is 4.83. The van der Waals surface area contributed by atoms with Crippen LogP contribution in [0.2, 0.25) is 0 Å². The van der Waals surface area contributed by atoms with Crippen molar-refractivity contribution in [3.05, 3.63) is 29.8 Å². The molecule has 0 aromatic heterocycles. The second-order valence-corrected chi connectivity index (χ2v) is 7.11. The molecular formula is C18H22N2O2. The molecule has 1 aliphatic heterocycles. The monoisotopic (exact) mass is 298 g/mol. The Hall–Kier alpha value is -1.84. The lowest BCUT2D eigenvalue weighted by Crippen LogP contribution is -2.40. The Morgan fingerprint density at radius 3 is 2.45 bits per heavy atom. The lowest BCUT2D eigenvalue weighted by atomic mass is 9.88. The largest absolute Gasteiger partial charge is 0.399 e. The van der Waals surface area contributed by atoms with Crippen LogP contribution in [-0.2, 0) is 15.0 Å². The van der Waals surface area contributed by atoms with Crippen molar-refractivity contribution in [3.8, 4) is 0 Å². The summed E-state index contributed by atoms with van der Waals surface area (Å²) in [6.45, 7) is 0.630. The molecule has 2 atom stereocenters. The number of nitrogen functional groups attached to an aromatic ring is 1. The molecule has 0 spiro atoms. The van der Waals surface area contributed by atoms with Gasteiger partial charge in [0.25, 0.3) is 0 Å². The fraction of sp³-hybridized carbons (Fsp3) is 0.556. The van der Waals surface area contributed by atoms with Crippen molar-refractivity contribution in [3.63, 3.8) is 0 Å². The second-order valence-electron chi connectivity index (χ2n) is 7.11. The van der Waals surface area contributed by atoms with Gasteiger partial charge in [0.05, 0.1) is 11.3 Å². The van der Waals surface area contributed by atoms with Crippen LogP contribution in [0.1, 0.15) is 44.1 Å². The topological polar surface area (TPSA) is 63.4 Å². The number of likely N-dealkylation sites (tertiary alicyclic amines) is 1. The quantitative estimate of drug-likeness (QED) is 0.689. The summed E-state index contributed by atoms with van der Waals surface area (Å²) in [6.07, 6.45) is 6.72. The zero-order chi connectivity index (χ0) is 15.3. The summed E-state index contributed by atoms with van der Waals surface area (Å²) in [5, 5.41) is 0. The van der Waals surface area contributed by atoms with E-state index in [1.807, 2.05) is 24.3 Å². The van der Waals surface area contributed by atoms with Gasteiger partial charge in [-0.25, -0.2) is 0 Å².